The summed E-state index contributed by atoms with van der Waals surface area (Å²) in [7, 11) is 0. The SMILES string of the molecule is Fc1ccc(Nc2ncnc3cnc(NC4CCC(N5CCNCC5)CC4)nc23)cc1Cl. The van der Waals surface area contributed by atoms with E-state index in [9.17, 15) is 4.39 Å². The van der Waals surface area contributed by atoms with Crippen molar-refractivity contribution in [3.05, 3.63) is 41.6 Å². The number of nitrogens with one attached hydrogen (secondary N) is 3. The normalized spacial score (nSPS) is 22.1. The lowest BCUT2D eigenvalue weighted by atomic mass is 9.90. The van der Waals surface area contributed by atoms with E-state index < -0.39 is 5.82 Å². The molecule has 32 heavy (non-hydrogen) atoms. The zero-order chi connectivity index (χ0) is 21.9. The molecular weight excluding hydrogens is 431 g/mol. The second kappa shape index (κ2) is 9.48. The van der Waals surface area contributed by atoms with Gasteiger partial charge >= 0.3 is 0 Å². The van der Waals surface area contributed by atoms with Gasteiger partial charge in [-0.15, -0.1) is 0 Å². The Balaban J connectivity index is 1.28. The van der Waals surface area contributed by atoms with E-state index in [1.807, 2.05) is 0 Å². The fraction of sp³-hybridized carbons (Fsp3) is 0.455. The standard InChI is InChI=1S/C22H26ClFN8/c23-17-11-15(3-6-18(17)24)29-21-20-19(27-13-28-21)12-26-22(31-20)30-14-1-4-16(5-2-14)32-9-7-25-8-10-32/h3,6,11-14,16,25H,1-2,4-5,7-10H2,(H,26,30,31)(H,27,28,29). The molecule has 10 heteroatoms. The summed E-state index contributed by atoms with van der Waals surface area (Å²) in [4.78, 5) is 20.3. The number of piperazine rings is 1. The molecular formula is C22H26ClFN8. The number of fused-ring (bicyclic) bond motifs is 1. The Hall–Kier alpha value is -2.62. The van der Waals surface area contributed by atoms with E-state index in [0.717, 1.165) is 39.0 Å². The Morgan fingerprint density at radius 1 is 1.06 bits per heavy atom. The zero-order valence-corrected chi connectivity index (χ0v) is 18.4. The zero-order valence-electron chi connectivity index (χ0n) is 17.7. The van der Waals surface area contributed by atoms with Gasteiger partial charge in [0.1, 0.15) is 23.2 Å². The summed E-state index contributed by atoms with van der Waals surface area (Å²) < 4.78 is 13.5. The smallest absolute Gasteiger partial charge is 0.223 e. The minimum Gasteiger partial charge on any atom is -0.351 e. The molecule has 0 unspecified atom stereocenters. The highest BCUT2D eigenvalue weighted by atomic mass is 35.5. The maximum absolute atomic E-state index is 13.5. The average Bonchev–Trinajstić information content (AvgIpc) is 2.83. The lowest BCUT2D eigenvalue weighted by molar-refractivity contribution is 0.135. The van der Waals surface area contributed by atoms with Crippen LogP contribution in [0.1, 0.15) is 25.7 Å². The number of hydrogen-bond donors (Lipinski definition) is 3. The summed E-state index contributed by atoms with van der Waals surface area (Å²) in [6, 6.07) is 5.46. The van der Waals surface area contributed by atoms with Crippen LogP contribution >= 0.6 is 11.6 Å². The highest BCUT2D eigenvalue weighted by Crippen LogP contribution is 2.27. The van der Waals surface area contributed by atoms with Crippen LogP contribution in [0.2, 0.25) is 5.02 Å². The summed E-state index contributed by atoms with van der Waals surface area (Å²) >= 11 is 5.90. The van der Waals surface area contributed by atoms with Crippen molar-refractivity contribution in [1.29, 1.82) is 0 Å². The summed E-state index contributed by atoms with van der Waals surface area (Å²) in [5.74, 6) is 0.619. The highest BCUT2D eigenvalue weighted by molar-refractivity contribution is 6.31. The Labute approximate surface area is 191 Å². The first kappa shape index (κ1) is 21.2. The van der Waals surface area contributed by atoms with Gasteiger partial charge in [0.05, 0.1) is 11.2 Å². The first-order chi connectivity index (χ1) is 15.7. The molecule has 3 N–H and O–H groups in total. The maximum Gasteiger partial charge on any atom is 0.223 e. The fourth-order valence-corrected chi connectivity index (χ4v) is 4.72. The second-order valence-electron chi connectivity index (χ2n) is 8.34. The van der Waals surface area contributed by atoms with Crippen LogP contribution in [0.25, 0.3) is 11.0 Å². The molecule has 1 aliphatic carbocycles. The van der Waals surface area contributed by atoms with Crippen LogP contribution in [-0.2, 0) is 0 Å². The van der Waals surface area contributed by atoms with Crippen molar-refractivity contribution in [2.75, 3.05) is 36.8 Å². The molecule has 1 aromatic carbocycles. The van der Waals surface area contributed by atoms with Crippen LogP contribution in [-0.4, -0.2) is 63.1 Å². The van der Waals surface area contributed by atoms with Gasteiger partial charge < -0.3 is 16.0 Å². The number of nitrogens with zero attached hydrogens (tertiary/aromatic N) is 5. The molecule has 8 nitrogen and oxygen atoms in total. The first-order valence-corrected chi connectivity index (χ1v) is 11.4. The minimum atomic E-state index is -0.467. The number of hydrogen-bond acceptors (Lipinski definition) is 8. The molecule has 2 aliphatic rings. The molecule has 1 aliphatic heterocycles. The van der Waals surface area contributed by atoms with E-state index in [4.69, 9.17) is 11.6 Å². The van der Waals surface area contributed by atoms with Gasteiger partial charge in [0.2, 0.25) is 5.95 Å². The number of rotatable bonds is 5. The topological polar surface area (TPSA) is 90.9 Å². The Kier molecular flexibility index (Phi) is 6.29. The monoisotopic (exact) mass is 456 g/mol. The van der Waals surface area contributed by atoms with Crippen LogP contribution in [0.3, 0.4) is 0 Å². The van der Waals surface area contributed by atoms with Crippen molar-refractivity contribution < 1.29 is 4.39 Å². The van der Waals surface area contributed by atoms with Crippen molar-refractivity contribution >= 4 is 40.1 Å². The van der Waals surface area contributed by atoms with Crippen molar-refractivity contribution in [2.45, 2.75) is 37.8 Å². The van der Waals surface area contributed by atoms with Crippen molar-refractivity contribution in [3.8, 4) is 0 Å². The molecule has 0 spiro atoms. The van der Waals surface area contributed by atoms with Crippen molar-refractivity contribution in [3.63, 3.8) is 0 Å². The van der Waals surface area contributed by atoms with Crippen molar-refractivity contribution in [2.24, 2.45) is 0 Å². The van der Waals surface area contributed by atoms with Crippen LogP contribution in [0.5, 0.6) is 0 Å². The fourth-order valence-electron chi connectivity index (χ4n) is 4.54. The van der Waals surface area contributed by atoms with E-state index in [0.29, 0.717) is 40.6 Å². The van der Waals surface area contributed by atoms with Gasteiger partial charge in [-0.25, -0.2) is 24.3 Å². The molecule has 3 heterocycles. The van der Waals surface area contributed by atoms with E-state index in [-0.39, 0.29) is 5.02 Å². The summed E-state index contributed by atoms with van der Waals surface area (Å²) in [6.45, 7) is 4.47. The first-order valence-electron chi connectivity index (χ1n) is 11.1. The Bertz CT molecular complexity index is 1080. The summed E-state index contributed by atoms with van der Waals surface area (Å²) in [5, 5.41) is 10.1. The van der Waals surface area contributed by atoms with E-state index in [1.165, 1.54) is 31.3 Å². The van der Waals surface area contributed by atoms with Crippen LogP contribution in [0.4, 0.5) is 21.8 Å². The highest BCUT2D eigenvalue weighted by Gasteiger charge is 2.27. The van der Waals surface area contributed by atoms with Crippen LogP contribution in [0, 0.1) is 5.82 Å². The maximum atomic E-state index is 13.5. The molecule has 5 rings (SSSR count). The minimum absolute atomic E-state index is 0.0433. The van der Waals surface area contributed by atoms with E-state index in [1.54, 1.807) is 12.3 Å². The van der Waals surface area contributed by atoms with Gasteiger partial charge in [-0.3, -0.25) is 4.90 Å². The molecule has 0 radical (unpaired) electrons. The van der Waals surface area contributed by atoms with Gasteiger partial charge in [0, 0.05) is 44.0 Å². The number of aromatic nitrogens is 4. The van der Waals surface area contributed by atoms with Crippen LogP contribution in [0.15, 0.2) is 30.7 Å². The molecule has 2 aromatic heterocycles. The molecule has 0 bridgehead atoms. The number of anilines is 3. The predicted molar refractivity (Wildman–Crippen MR) is 124 cm³/mol. The molecule has 0 amide bonds. The van der Waals surface area contributed by atoms with E-state index >= 15 is 0 Å². The molecule has 1 saturated carbocycles. The Morgan fingerprint density at radius 3 is 2.66 bits per heavy atom. The predicted octanol–water partition coefficient (Wildman–Crippen LogP) is 3.58. The third kappa shape index (κ3) is 4.74. The van der Waals surface area contributed by atoms with Gasteiger partial charge in [-0.1, -0.05) is 11.6 Å². The number of halogens is 2. The molecule has 3 aromatic rings. The van der Waals surface area contributed by atoms with Crippen LogP contribution < -0.4 is 16.0 Å². The van der Waals surface area contributed by atoms with Gasteiger partial charge in [0.15, 0.2) is 5.82 Å². The van der Waals surface area contributed by atoms with Gasteiger partial charge in [-0.05, 0) is 43.9 Å². The van der Waals surface area contributed by atoms with E-state index in [2.05, 4.69) is 40.8 Å². The molecule has 1 saturated heterocycles. The summed E-state index contributed by atoms with van der Waals surface area (Å²) in [5.41, 5.74) is 1.85. The van der Waals surface area contributed by atoms with Crippen molar-refractivity contribution in [1.82, 2.24) is 30.2 Å². The quantitative estimate of drug-likeness (QED) is 0.536. The van der Waals surface area contributed by atoms with Gasteiger partial charge in [0.25, 0.3) is 0 Å². The molecule has 0 atom stereocenters. The summed E-state index contributed by atoms with van der Waals surface area (Å²) in [6.07, 6.45) is 7.71. The molecule has 168 valence electrons. The third-order valence-electron chi connectivity index (χ3n) is 6.26. The second-order valence-corrected chi connectivity index (χ2v) is 8.75. The van der Waals surface area contributed by atoms with Gasteiger partial charge in [-0.2, -0.15) is 0 Å². The third-order valence-corrected chi connectivity index (χ3v) is 6.55. The molecule has 2 fully saturated rings. The lowest BCUT2D eigenvalue weighted by Gasteiger charge is -2.39. The largest absolute Gasteiger partial charge is 0.351 e. The Morgan fingerprint density at radius 2 is 1.88 bits per heavy atom. The number of benzene rings is 1. The average molecular weight is 457 g/mol. The lowest BCUT2D eigenvalue weighted by Crippen LogP contribution is -2.50.